The van der Waals surface area contributed by atoms with Crippen LogP contribution < -0.4 is 5.32 Å². The smallest absolute Gasteiger partial charge is 0.146 e. The third-order valence-electron chi connectivity index (χ3n) is 2.97. The Morgan fingerprint density at radius 2 is 2.17 bits per heavy atom. The van der Waals surface area contributed by atoms with Crippen molar-refractivity contribution in [2.45, 2.75) is 33.0 Å². The molecule has 0 aliphatic carbocycles. The van der Waals surface area contributed by atoms with Crippen LogP contribution in [0.2, 0.25) is 0 Å². The minimum atomic E-state index is -0.186. The van der Waals surface area contributed by atoms with Crippen molar-refractivity contribution in [2.24, 2.45) is 0 Å². The fourth-order valence-corrected chi connectivity index (χ4v) is 1.86. The zero-order valence-electron chi connectivity index (χ0n) is 10.6. The predicted molar refractivity (Wildman–Crippen MR) is 67.4 cm³/mol. The topological polar surface area (TPSA) is 42.7 Å². The maximum absolute atomic E-state index is 13.6. The molecule has 2 rings (SSSR count). The molecule has 2 aromatic rings. The molecule has 1 unspecified atom stereocenters. The van der Waals surface area contributed by atoms with Gasteiger partial charge in [0.15, 0.2) is 0 Å². The van der Waals surface area contributed by atoms with Crippen LogP contribution in [0.15, 0.2) is 30.6 Å². The number of aryl methyl sites for hydroxylation is 1. The third kappa shape index (κ3) is 2.73. The number of hydrogen-bond acceptors (Lipinski definition) is 3. The third-order valence-corrected chi connectivity index (χ3v) is 2.97. The van der Waals surface area contributed by atoms with Crippen molar-refractivity contribution in [1.82, 2.24) is 20.1 Å². The first-order valence-electron chi connectivity index (χ1n) is 6.07. The van der Waals surface area contributed by atoms with Crippen LogP contribution >= 0.6 is 0 Å². The van der Waals surface area contributed by atoms with Gasteiger partial charge in [-0.05, 0) is 19.9 Å². The largest absolute Gasteiger partial charge is 0.317 e. The van der Waals surface area contributed by atoms with Gasteiger partial charge in [-0.3, -0.25) is 0 Å². The van der Waals surface area contributed by atoms with Gasteiger partial charge in [0.25, 0.3) is 0 Å². The molecule has 0 fully saturated rings. The second kappa shape index (κ2) is 5.73. The molecule has 0 aliphatic rings. The Hall–Kier alpha value is -1.75. The van der Waals surface area contributed by atoms with E-state index in [0.29, 0.717) is 12.1 Å². The highest BCUT2D eigenvalue weighted by molar-refractivity contribution is 5.20. The van der Waals surface area contributed by atoms with Gasteiger partial charge in [-0.15, -0.1) is 10.2 Å². The molecule has 0 saturated heterocycles. The van der Waals surface area contributed by atoms with Gasteiger partial charge in [-0.25, -0.2) is 4.39 Å². The quantitative estimate of drug-likeness (QED) is 0.882. The number of benzene rings is 1. The van der Waals surface area contributed by atoms with Crippen LogP contribution in [0.25, 0.3) is 0 Å². The first-order chi connectivity index (χ1) is 8.72. The Balaban J connectivity index is 2.01. The Bertz CT molecular complexity index is 509. The van der Waals surface area contributed by atoms with Crippen LogP contribution in [0.3, 0.4) is 0 Å². The van der Waals surface area contributed by atoms with Crippen LogP contribution in [-0.4, -0.2) is 14.8 Å². The minimum absolute atomic E-state index is 0.0618. The van der Waals surface area contributed by atoms with Gasteiger partial charge in [-0.2, -0.15) is 0 Å². The molecule has 0 amide bonds. The maximum atomic E-state index is 13.6. The van der Waals surface area contributed by atoms with Crippen LogP contribution in [0.1, 0.15) is 31.3 Å². The summed E-state index contributed by atoms with van der Waals surface area (Å²) in [4.78, 5) is 0. The van der Waals surface area contributed by atoms with Gasteiger partial charge < -0.3 is 9.88 Å². The molecule has 1 aromatic heterocycles. The fourth-order valence-electron chi connectivity index (χ4n) is 1.86. The standard InChI is InChI=1S/C13H17FN4/c1-3-18-9-16-17-13(18)8-15-10(2)11-6-4-5-7-12(11)14/h4-7,9-10,15H,3,8H2,1-2H3. The Kier molecular flexibility index (Phi) is 4.04. The fraction of sp³-hybridized carbons (Fsp3) is 0.385. The lowest BCUT2D eigenvalue weighted by molar-refractivity contribution is 0.509. The van der Waals surface area contributed by atoms with E-state index < -0.39 is 0 Å². The van der Waals surface area contributed by atoms with Crippen molar-refractivity contribution in [3.63, 3.8) is 0 Å². The van der Waals surface area contributed by atoms with Gasteiger partial charge in [-0.1, -0.05) is 18.2 Å². The molecule has 5 heteroatoms. The number of aromatic nitrogens is 3. The lowest BCUT2D eigenvalue weighted by Crippen LogP contribution is -2.21. The number of hydrogen-bond donors (Lipinski definition) is 1. The summed E-state index contributed by atoms with van der Waals surface area (Å²) in [5.74, 6) is 0.676. The summed E-state index contributed by atoms with van der Waals surface area (Å²) >= 11 is 0. The molecule has 1 aromatic carbocycles. The number of halogens is 1. The second-order valence-corrected chi connectivity index (χ2v) is 4.16. The molecular formula is C13H17FN4. The molecule has 18 heavy (non-hydrogen) atoms. The molecule has 1 atom stereocenters. The van der Waals surface area contributed by atoms with Crippen molar-refractivity contribution in [1.29, 1.82) is 0 Å². The molecule has 96 valence electrons. The SMILES string of the molecule is CCn1cnnc1CNC(C)c1ccccc1F. The number of nitrogens with one attached hydrogen (secondary N) is 1. The van der Waals surface area contributed by atoms with Gasteiger partial charge in [0.05, 0.1) is 6.54 Å². The van der Waals surface area contributed by atoms with Crippen LogP contribution in [-0.2, 0) is 13.1 Å². The summed E-state index contributed by atoms with van der Waals surface area (Å²) in [6, 6.07) is 6.73. The summed E-state index contributed by atoms with van der Waals surface area (Å²) < 4.78 is 15.5. The van der Waals surface area contributed by atoms with E-state index in [2.05, 4.69) is 15.5 Å². The first-order valence-corrected chi connectivity index (χ1v) is 6.07. The van der Waals surface area contributed by atoms with Crippen LogP contribution in [0.5, 0.6) is 0 Å². The molecule has 0 radical (unpaired) electrons. The Labute approximate surface area is 106 Å². The van der Waals surface area contributed by atoms with Crippen molar-refractivity contribution in [3.8, 4) is 0 Å². The van der Waals surface area contributed by atoms with E-state index in [-0.39, 0.29) is 11.9 Å². The highest BCUT2D eigenvalue weighted by atomic mass is 19.1. The molecular weight excluding hydrogens is 231 g/mol. The van der Waals surface area contributed by atoms with E-state index in [0.717, 1.165) is 12.4 Å². The summed E-state index contributed by atoms with van der Waals surface area (Å²) in [6.45, 7) is 5.37. The van der Waals surface area contributed by atoms with Gasteiger partial charge >= 0.3 is 0 Å². The van der Waals surface area contributed by atoms with E-state index >= 15 is 0 Å². The van der Waals surface area contributed by atoms with Crippen LogP contribution in [0, 0.1) is 5.82 Å². The summed E-state index contributed by atoms with van der Waals surface area (Å²) in [7, 11) is 0. The lowest BCUT2D eigenvalue weighted by atomic mass is 10.1. The normalized spacial score (nSPS) is 12.6. The van der Waals surface area contributed by atoms with Crippen molar-refractivity contribution in [3.05, 3.63) is 47.8 Å². The Morgan fingerprint density at radius 1 is 1.39 bits per heavy atom. The average Bonchev–Trinajstić information content (AvgIpc) is 2.84. The van der Waals surface area contributed by atoms with E-state index in [9.17, 15) is 4.39 Å². The first kappa shape index (κ1) is 12.7. The average molecular weight is 248 g/mol. The highest BCUT2D eigenvalue weighted by Gasteiger charge is 2.11. The zero-order valence-corrected chi connectivity index (χ0v) is 10.6. The van der Waals surface area contributed by atoms with E-state index in [1.165, 1.54) is 6.07 Å². The van der Waals surface area contributed by atoms with E-state index in [1.807, 2.05) is 24.5 Å². The van der Waals surface area contributed by atoms with Crippen molar-refractivity contribution < 1.29 is 4.39 Å². The lowest BCUT2D eigenvalue weighted by Gasteiger charge is -2.14. The predicted octanol–water partition coefficient (Wildman–Crippen LogP) is 2.29. The summed E-state index contributed by atoms with van der Waals surface area (Å²) in [5.41, 5.74) is 0.667. The highest BCUT2D eigenvalue weighted by Crippen LogP contribution is 2.16. The molecule has 1 N–H and O–H groups in total. The number of nitrogens with zero attached hydrogens (tertiary/aromatic N) is 3. The minimum Gasteiger partial charge on any atom is -0.317 e. The van der Waals surface area contributed by atoms with Crippen LogP contribution in [0.4, 0.5) is 4.39 Å². The van der Waals surface area contributed by atoms with Gasteiger partial charge in [0.1, 0.15) is 18.0 Å². The van der Waals surface area contributed by atoms with E-state index in [4.69, 9.17) is 0 Å². The van der Waals surface area contributed by atoms with Gasteiger partial charge in [0, 0.05) is 18.2 Å². The molecule has 0 bridgehead atoms. The zero-order chi connectivity index (χ0) is 13.0. The number of rotatable bonds is 5. The summed E-state index contributed by atoms with van der Waals surface area (Å²) in [5, 5.41) is 11.1. The molecule has 0 aliphatic heterocycles. The molecule has 1 heterocycles. The van der Waals surface area contributed by atoms with Gasteiger partial charge in [0.2, 0.25) is 0 Å². The second-order valence-electron chi connectivity index (χ2n) is 4.16. The Morgan fingerprint density at radius 3 is 2.89 bits per heavy atom. The molecule has 0 spiro atoms. The molecule has 4 nitrogen and oxygen atoms in total. The summed E-state index contributed by atoms with van der Waals surface area (Å²) in [6.07, 6.45) is 1.70. The van der Waals surface area contributed by atoms with Crippen molar-refractivity contribution in [2.75, 3.05) is 0 Å². The monoisotopic (exact) mass is 248 g/mol. The van der Waals surface area contributed by atoms with Crippen molar-refractivity contribution >= 4 is 0 Å². The van der Waals surface area contributed by atoms with E-state index in [1.54, 1.807) is 18.5 Å². The maximum Gasteiger partial charge on any atom is 0.146 e. The molecule has 0 saturated carbocycles.